The molecule has 1 amide bonds. The lowest BCUT2D eigenvalue weighted by molar-refractivity contribution is 0.0677. The molecule has 2 rings (SSSR count). The summed E-state index contributed by atoms with van der Waals surface area (Å²) in [5, 5.41) is 9.21. The number of carbonyl (C=O) groups excluding carboxylic acids is 1. The number of aryl methyl sites for hydroxylation is 1. The van der Waals surface area contributed by atoms with Crippen LogP contribution in [0, 0.1) is 6.92 Å². The number of hydrogen-bond acceptors (Lipinski definition) is 4. The SMILES string of the molecule is Cc1cc(C(=O)N2CCCC2CO)cc(N)n1. The second-order valence-corrected chi connectivity index (χ2v) is 4.40. The number of rotatable bonds is 2. The Hall–Kier alpha value is -1.62. The molecule has 1 aliphatic heterocycles. The van der Waals surface area contributed by atoms with E-state index in [4.69, 9.17) is 5.73 Å². The highest BCUT2D eigenvalue weighted by Crippen LogP contribution is 2.20. The second kappa shape index (κ2) is 4.71. The van der Waals surface area contributed by atoms with Crippen molar-refractivity contribution in [3.63, 3.8) is 0 Å². The standard InChI is InChI=1S/C12H17N3O2/c1-8-5-9(6-11(13)14-8)12(17)15-4-2-3-10(15)7-16/h5-6,10,16H,2-4,7H2,1H3,(H2,13,14). The first-order chi connectivity index (χ1) is 8.11. The van der Waals surface area contributed by atoms with Gasteiger partial charge in [-0.3, -0.25) is 4.79 Å². The summed E-state index contributed by atoms with van der Waals surface area (Å²) in [6.45, 7) is 2.53. The summed E-state index contributed by atoms with van der Waals surface area (Å²) < 4.78 is 0. The van der Waals surface area contributed by atoms with E-state index < -0.39 is 0 Å². The van der Waals surface area contributed by atoms with E-state index in [1.807, 2.05) is 0 Å². The molecule has 0 bridgehead atoms. The smallest absolute Gasteiger partial charge is 0.254 e. The first kappa shape index (κ1) is 11.9. The fourth-order valence-corrected chi connectivity index (χ4v) is 2.28. The van der Waals surface area contributed by atoms with Crippen LogP contribution in [0.15, 0.2) is 12.1 Å². The minimum Gasteiger partial charge on any atom is -0.394 e. The van der Waals surface area contributed by atoms with E-state index in [2.05, 4.69) is 4.98 Å². The number of likely N-dealkylation sites (tertiary alicyclic amines) is 1. The fourth-order valence-electron chi connectivity index (χ4n) is 2.28. The quantitative estimate of drug-likeness (QED) is 0.785. The summed E-state index contributed by atoms with van der Waals surface area (Å²) in [5.41, 5.74) is 6.91. The highest BCUT2D eigenvalue weighted by atomic mass is 16.3. The Morgan fingerprint density at radius 1 is 1.65 bits per heavy atom. The minimum absolute atomic E-state index is 0.0191. The molecule has 0 aliphatic carbocycles. The number of aromatic nitrogens is 1. The lowest BCUT2D eigenvalue weighted by atomic mass is 10.1. The van der Waals surface area contributed by atoms with Crippen molar-refractivity contribution in [1.29, 1.82) is 0 Å². The van der Waals surface area contributed by atoms with Gasteiger partial charge in [-0.25, -0.2) is 4.98 Å². The Morgan fingerprint density at radius 3 is 3.06 bits per heavy atom. The number of nitrogen functional groups attached to an aromatic ring is 1. The largest absolute Gasteiger partial charge is 0.394 e. The number of amides is 1. The van der Waals surface area contributed by atoms with Gasteiger partial charge in [0.05, 0.1) is 12.6 Å². The highest BCUT2D eigenvalue weighted by Gasteiger charge is 2.28. The highest BCUT2D eigenvalue weighted by molar-refractivity contribution is 5.95. The second-order valence-electron chi connectivity index (χ2n) is 4.40. The number of pyridine rings is 1. The van der Waals surface area contributed by atoms with Gasteiger partial charge in [0.15, 0.2) is 0 Å². The van der Waals surface area contributed by atoms with Crippen LogP contribution in [0.1, 0.15) is 28.9 Å². The maximum absolute atomic E-state index is 12.3. The van der Waals surface area contributed by atoms with Crippen molar-refractivity contribution in [3.05, 3.63) is 23.4 Å². The molecule has 2 heterocycles. The van der Waals surface area contributed by atoms with Gasteiger partial charge in [0, 0.05) is 17.8 Å². The van der Waals surface area contributed by atoms with E-state index in [-0.39, 0.29) is 18.6 Å². The minimum atomic E-state index is -0.0706. The van der Waals surface area contributed by atoms with Gasteiger partial charge in [-0.15, -0.1) is 0 Å². The van der Waals surface area contributed by atoms with Crippen molar-refractivity contribution >= 4 is 11.7 Å². The molecule has 0 radical (unpaired) electrons. The first-order valence-corrected chi connectivity index (χ1v) is 5.78. The van der Waals surface area contributed by atoms with E-state index >= 15 is 0 Å². The zero-order valence-corrected chi connectivity index (χ0v) is 9.89. The van der Waals surface area contributed by atoms with Crippen molar-refractivity contribution in [3.8, 4) is 0 Å². The van der Waals surface area contributed by atoms with Crippen LogP contribution in [0.3, 0.4) is 0 Å². The molecule has 5 nitrogen and oxygen atoms in total. The molecule has 0 aromatic carbocycles. The zero-order valence-electron chi connectivity index (χ0n) is 9.89. The molecule has 3 N–H and O–H groups in total. The van der Waals surface area contributed by atoms with E-state index in [9.17, 15) is 9.90 Å². The summed E-state index contributed by atoms with van der Waals surface area (Å²) in [5.74, 6) is 0.284. The Labute approximate surface area is 100 Å². The van der Waals surface area contributed by atoms with Crippen LogP contribution in [0.25, 0.3) is 0 Å². The van der Waals surface area contributed by atoms with Gasteiger partial charge in [0.25, 0.3) is 5.91 Å². The fraction of sp³-hybridized carbons (Fsp3) is 0.500. The van der Waals surface area contributed by atoms with Crippen LogP contribution in [0.5, 0.6) is 0 Å². The Kier molecular flexibility index (Phi) is 3.28. The number of carbonyl (C=O) groups is 1. The van der Waals surface area contributed by atoms with Crippen LogP contribution < -0.4 is 5.73 Å². The molecule has 1 saturated heterocycles. The molecule has 1 unspecified atom stereocenters. The number of aliphatic hydroxyl groups is 1. The van der Waals surface area contributed by atoms with Gasteiger partial charge in [-0.2, -0.15) is 0 Å². The van der Waals surface area contributed by atoms with Crippen molar-refractivity contribution in [2.75, 3.05) is 18.9 Å². The Bertz CT molecular complexity index is 414. The molecule has 5 heteroatoms. The Morgan fingerprint density at radius 2 is 2.41 bits per heavy atom. The molecular formula is C12H17N3O2. The van der Waals surface area contributed by atoms with E-state index in [0.717, 1.165) is 18.5 Å². The van der Waals surface area contributed by atoms with Crippen molar-refractivity contribution in [2.45, 2.75) is 25.8 Å². The maximum Gasteiger partial charge on any atom is 0.254 e. The van der Waals surface area contributed by atoms with Gasteiger partial charge in [0.1, 0.15) is 5.82 Å². The third kappa shape index (κ3) is 2.39. The molecule has 92 valence electrons. The van der Waals surface area contributed by atoms with E-state index in [1.54, 1.807) is 24.0 Å². The average molecular weight is 235 g/mol. The molecule has 1 fully saturated rings. The van der Waals surface area contributed by atoms with Gasteiger partial charge in [-0.05, 0) is 31.9 Å². The first-order valence-electron chi connectivity index (χ1n) is 5.78. The summed E-state index contributed by atoms with van der Waals surface area (Å²) in [7, 11) is 0. The van der Waals surface area contributed by atoms with Gasteiger partial charge >= 0.3 is 0 Å². The number of nitrogens with zero attached hydrogens (tertiary/aromatic N) is 2. The Balaban J connectivity index is 2.24. The predicted octanol–water partition coefficient (Wildman–Crippen LogP) is 0.569. The normalized spacial score (nSPS) is 19.6. The van der Waals surface area contributed by atoms with Crippen LogP contribution in [-0.2, 0) is 0 Å². The summed E-state index contributed by atoms with van der Waals surface area (Å²) >= 11 is 0. The topological polar surface area (TPSA) is 79.5 Å². The van der Waals surface area contributed by atoms with Gasteiger partial charge < -0.3 is 15.7 Å². The van der Waals surface area contributed by atoms with Gasteiger partial charge in [-0.1, -0.05) is 0 Å². The van der Waals surface area contributed by atoms with E-state index in [0.29, 0.717) is 17.9 Å². The molecular weight excluding hydrogens is 218 g/mol. The van der Waals surface area contributed by atoms with Crippen LogP contribution in [0.2, 0.25) is 0 Å². The number of hydrogen-bond donors (Lipinski definition) is 2. The van der Waals surface area contributed by atoms with Crippen molar-refractivity contribution < 1.29 is 9.90 Å². The number of nitrogens with two attached hydrogens (primary N) is 1. The number of aliphatic hydroxyl groups excluding tert-OH is 1. The molecule has 17 heavy (non-hydrogen) atoms. The summed E-state index contributed by atoms with van der Waals surface area (Å²) in [6.07, 6.45) is 1.80. The zero-order chi connectivity index (χ0) is 12.4. The monoisotopic (exact) mass is 235 g/mol. The lowest BCUT2D eigenvalue weighted by Gasteiger charge is -2.23. The van der Waals surface area contributed by atoms with Crippen LogP contribution >= 0.6 is 0 Å². The van der Waals surface area contributed by atoms with Crippen molar-refractivity contribution in [1.82, 2.24) is 9.88 Å². The summed E-state index contributed by atoms with van der Waals surface area (Å²) in [4.78, 5) is 18.0. The third-order valence-electron chi connectivity index (χ3n) is 3.07. The van der Waals surface area contributed by atoms with Crippen LogP contribution in [0.4, 0.5) is 5.82 Å². The van der Waals surface area contributed by atoms with Crippen LogP contribution in [-0.4, -0.2) is 40.1 Å². The molecule has 0 spiro atoms. The molecule has 0 saturated carbocycles. The van der Waals surface area contributed by atoms with E-state index in [1.165, 1.54) is 0 Å². The number of anilines is 1. The molecule has 1 atom stereocenters. The molecule has 1 aromatic rings. The molecule has 1 aromatic heterocycles. The average Bonchev–Trinajstić information content (AvgIpc) is 2.74. The lowest BCUT2D eigenvalue weighted by Crippen LogP contribution is -2.37. The summed E-state index contributed by atoms with van der Waals surface area (Å²) in [6, 6.07) is 3.25. The predicted molar refractivity (Wildman–Crippen MR) is 64.5 cm³/mol. The molecule has 1 aliphatic rings. The van der Waals surface area contributed by atoms with Gasteiger partial charge in [0.2, 0.25) is 0 Å². The third-order valence-corrected chi connectivity index (χ3v) is 3.07. The van der Waals surface area contributed by atoms with Crippen molar-refractivity contribution in [2.24, 2.45) is 0 Å². The maximum atomic E-state index is 12.3.